The number of pyridine rings is 1. The first-order chi connectivity index (χ1) is 8.30. The number of halogens is 6. The summed E-state index contributed by atoms with van der Waals surface area (Å²) >= 11 is 5.41. The Morgan fingerprint density at radius 1 is 1.39 bits per heavy atom. The van der Waals surface area contributed by atoms with Gasteiger partial charge < -0.3 is 9.84 Å². The van der Waals surface area contributed by atoms with E-state index in [1.165, 1.54) is 0 Å². The second kappa shape index (κ2) is 5.66. The fourth-order valence-electron chi connectivity index (χ4n) is 1.30. The van der Waals surface area contributed by atoms with Crippen LogP contribution in [0.2, 0.25) is 0 Å². The van der Waals surface area contributed by atoms with Crippen molar-refractivity contribution in [2.45, 2.75) is 25.3 Å². The zero-order chi connectivity index (χ0) is 13.9. The molecule has 9 heteroatoms. The number of aliphatic hydroxyl groups is 1. The number of nitrogens with zero attached hydrogens (tertiary/aromatic N) is 1. The Labute approximate surface area is 103 Å². The molecule has 1 heterocycles. The van der Waals surface area contributed by atoms with Crippen molar-refractivity contribution < 1.29 is 31.8 Å². The fourth-order valence-corrected chi connectivity index (χ4v) is 1.53. The van der Waals surface area contributed by atoms with Crippen molar-refractivity contribution >= 4 is 11.6 Å². The Balaban J connectivity index is 3.35. The van der Waals surface area contributed by atoms with Crippen LogP contribution in [0.5, 0.6) is 5.88 Å². The highest BCUT2D eigenvalue weighted by molar-refractivity contribution is 6.17. The van der Waals surface area contributed by atoms with E-state index >= 15 is 0 Å². The normalized spacial score (nSPS) is 12.0. The van der Waals surface area contributed by atoms with Gasteiger partial charge in [-0.15, -0.1) is 24.8 Å². The van der Waals surface area contributed by atoms with Crippen LogP contribution in [0.3, 0.4) is 0 Å². The van der Waals surface area contributed by atoms with Crippen LogP contribution in [-0.2, 0) is 12.5 Å². The topological polar surface area (TPSA) is 42.4 Å². The molecule has 0 unspecified atom stereocenters. The zero-order valence-electron chi connectivity index (χ0n) is 8.64. The average molecular weight is 292 g/mol. The molecule has 0 amide bonds. The summed E-state index contributed by atoms with van der Waals surface area (Å²) < 4.78 is 64.9. The van der Waals surface area contributed by atoms with Crippen LogP contribution in [0.1, 0.15) is 23.1 Å². The molecule has 0 bridgehead atoms. The van der Waals surface area contributed by atoms with Gasteiger partial charge in [-0.3, -0.25) is 0 Å². The van der Waals surface area contributed by atoms with Gasteiger partial charge in [-0.2, -0.15) is 0 Å². The lowest BCUT2D eigenvalue weighted by molar-refractivity contribution is -0.276. The standard InChI is InChI=1S/C9H7ClF5NO2/c10-1-4-2-16-8(18-9(13,14)15)6(7(11)12)5(4)3-17/h2,7,17H,1,3H2. The quantitative estimate of drug-likeness (QED) is 0.684. The van der Waals surface area contributed by atoms with Crippen LogP contribution in [0.4, 0.5) is 22.0 Å². The Morgan fingerprint density at radius 3 is 2.39 bits per heavy atom. The molecule has 3 nitrogen and oxygen atoms in total. The Hall–Kier alpha value is -1.15. The second-order valence-electron chi connectivity index (χ2n) is 3.12. The highest BCUT2D eigenvalue weighted by Crippen LogP contribution is 2.35. The maximum Gasteiger partial charge on any atom is 0.574 e. The molecule has 0 spiro atoms. The van der Waals surface area contributed by atoms with E-state index in [0.717, 1.165) is 6.20 Å². The molecular formula is C9H7ClF5NO2. The fraction of sp³-hybridized carbons (Fsp3) is 0.444. The van der Waals surface area contributed by atoms with E-state index in [4.69, 9.17) is 16.7 Å². The van der Waals surface area contributed by atoms with Gasteiger partial charge in [0.05, 0.1) is 12.2 Å². The minimum atomic E-state index is -5.15. The predicted molar refractivity (Wildman–Crippen MR) is 51.4 cm³/mol. The first kappa shape index (κ1) is 14.9. The summed E-state index contributed by atoms with van der Waals surface area (Å²) in [4.78, 5) is 3.15. The third-order valence-electron chi connectivity index (χ3n) is 2.01. The Bertz CT molecular complexity index is 424. The molecule has 1 N–H and O–H groups in total. The third kappa shape index (κ3) is 3.42. The van der Waals surface area contributed by atoms with Gasteiger partial charge in [0.1, 0.15) is 0 Å². The first-order valence-corrected chi connectivity index (χ1v) is 5.05. The SMILES string of the molecule is OCc1c(CCl)cnc(OC(F)(F)F)c1C(F)F. The molecule has 0 aliphatic carbocycles. The molecule has 0 aliphatic heterocycles. The zero-order valence-corrected chi connectivity index (χ0v) is 9.40. The van der Waals surface area contributed by atoms with Gasteiger partial charge >= 0.3 is 6.36 Å². The van der Waals surface area contributed by atoms with Crippen LogP contribution in [0, 0.1) is 0 Å². The molecule has 0 aromatic carbocycles. The minimum Gasteiger partial charge on any atom is -0.392 e. The summed E-state index contributed by atoms with van der Waals surface area (Å²) in [6, 6.07) is 0. The summed E-state index contributed by atoms with van der Waals surface area (Å²) in [6.45, 7) is -0.890. The van der Waals surface area contributed by atoms with E-state index in [1.807, 2.05) is 0 Å². The van der Waals surface area contributed by atoms with Crippen LogP contribution in [-0.4, -0.2) is 16.5 Å². The van der Waals surface area contributed by atoms with Crippen LogP contribution in [0.25, 0.3) is 0 Å². The first-order valence-electron chi connectivity index (χ1n) is 4.51. The molecule has 1 aromatic rings. The largest absolute Gasteiger partial charge is 0.574 e. The molecule has 0 aliphatic rings. The van der Waals surface area contributed by atoms with Gasteiger partial charge in [-0.25, -0.2) is 13.8 Å². The van der Waals surface area contributed by atoms with Gasteiger partial charge in [0, 0.05) is 12.1 Å². The van der Waals surface area contributed by atoms with E-state index in [0.29, 0.717) is 0 Å². The number of ether oxygens (including phenoxy) is 1. The van der Waals surface area contributed by atoms with Crippen molar-refractivity contribution in [3.8, 4) is 5.88 Å². The maximum absolute atomic E-state index is 12.7. The molecule has 1 rings (SSSR count). The molecule has 18 heavy (non-hydrogen) atoms. The monoisotopic (exact) mass is 291 g/mol. The van der Waals surface area contributed by atoms with Gasteiger partial charge in [-0.05, 0) is 11.1 Å². The maximum atomic E-state index is 12.7. The van der Waals surface area contributed by atoms with Gasteiger partial charge in [0.15, 0.2) is 0 Å². The summed E-state index contributed by atoms with van der Waals surface area (Å²) in [5.74, 6) is -1.55. The van der Waals surface area contributed by atoms with E-state index in [1.54, 1.807) is 0 Å². The van der Waals surface area contributed by atoms with Crippen molar-refractivity contribution in [3.63, 3.8) is 0 Å². The lowest BCUT2D eigenvalue weighted by atomic mass is 10.1. The van der Waals surface area contributed by atoms with E-state index in [-0.39, 0.29) is 11.4 Å². The summed E-state index contributed by atoms with van der Waals surface area (Å²) in [7, 11) is 0. The van der Waals surface area contributed by atoms with Crippen molar-refractivity contribution in [1.82, 2.24) is 4.98 Å². The van der Waals surface area contributed by atoms with Gasteiger partial charge in [0.25, 0.3) is 6.43 Å². The molecular weight excluding hydrogens is 285 g/mol. The van der Waals surface area contributed by atoms with E-state index in [2.05, 4.69) is 9.72 Å². The summed E-state index contributed by atoms with van der Waals surface area (Å²) in [5.41, 5.74) is -1.49. The molecule has 0 atom stereocenters. The lowest BCUT2D eigenvalue weighted by Gasteiger charge is -2.16. The Morgan fingerprint density at radius 2 is 2.00 bits per heavy atom. The van der Waals surface area contributed by atoms with Crippen molar-refractivity contribution in [1.29, 1.82) is 0 Å². The number of alkyl halides is 6. The lowest BCUT2D eigenvalue weighted by Crippen LogP contribution is -2.20. The van der Waals surface area contributed by atoms with Crippen molar-refractivity contribution in [2.75, 3.05) is 0 Å². The smallest absolute Gasteiger partial charge is 0.392 e. The van der Waals surface area contributed by atoms with Crippen LogP contribution < -0.4 is 4.74 Å². The second-order valence-corrected chi connectivity index (χ2v) is 3.39. The highest BCUT2D eigenvalue weighted by Gasteiger charge is 2.35. The summed E-state index contributed by atoms with van der Waals surface area (Å²) in [6.07, 6.45) is -7.57. The minimum absolute atomic E-state index is 0.0176. The molecule has 0 radical (unpaired) electrons. The number of aromatic nitrogens is 1. The predicted octanol–water partition coefficient (Wildman–Crippen LogP) is 3.15. The number of hydrogen-bond acceptors (Lipinski definition) is 3. The molecule has 1 aromatic heterocycles. The van der Waals surface area contributed by atoms with Crippen molar-refractivity contribution in [3.05, 3.63) is 22.9 Å². The van der Waals surface area contributed by atoms with E-state index in [9.17, 15) is 22.0 Å². The number of aliphatic hydroxyl groups excluding tert-OH is 1. The molecule has 0 fully saturated rings. The van der Waals surface area contributed by atoms with Gasteiger partial charge in [0.2, 0.25) is 5.88 Å². The van der Waals surface area contributed by atoms with E-state index < -0.39 is 36.4 Å². The third-order valence-corrected chi connectivity index (χ3v) is 2.30. The molecule has 0 saturated heterocycles. The molecule has 0 saturated carbocycles. The van der Waals surface area contributed by atoms with Crippen LogP contribution >= 0.6 is 11.6 Å². The number of hydrogen-bond donors (Lipinski definition) is 1. The Kier molecular flexibility index (Phi) is 4.69. The molecule has 102 valence electrons. The summed E-state index contributed by atoms with van der Waals surface area (Å²) in [5, 5.41) is 8.95. The van der Waals surface area contributed by atoms with Crippen molar-refractivity contribution in [2.24, 2.45) is 0 Å². The highest BCUT2D eigenvalue weighted by atomic mass is 35.5. The van der Waals surface area contributed by atoms with Crippen LogP contribution in [0.15, 0.2) is 6.20 Å². The number of rotatable bonds is 4. The van der Waals surface area contributed by atoms with Gasteiger partial charge in [-0.1, -0.05) is 0 Å². The average Bonchev–Trinajstić information content (AvgIpc) is 2.25.